The number of sulfonamides is 2. The van der Waals surface area contributed by atoms with Crippen molar-refractivity contribution in [2.24, 2.45) is 0 Å². The highest BCUT2D eigenvalue weighted by Crippen LogP contribution is 2.26. The molecule has 0 aliphatic heterocycles. The van der Waals surface area contributed by atoms with Crippen LogP contribution >= 0.6 is 23.2 Å². The van der Waals surface area contributed by atoms with Crippen molar-refractivity contribution < 1.29 is 26.0 Å². The van der Waals surface area contributed by atoms with Gasteiger partial charge in [0.1, 0.15) is 5.82 Å². The molecule has 0 radical (unpaired) electrons. The maximum atomic E-state index is 13.2. The number of hydrogen-bond acceptors (Lipinski definition) is 5. The molecule has 0 aliphatic rings. The van der Waals surface area contributed by atoms with E-state index in [1.165, 1.54) is 91.0 Å². The lowest BCUT2D eigenvalue weighted by Gasteiger charge is -2.22. The molecule has 8 nitrogen and oxygen atoms in total. The van der Waals surface area contributed by atoms with E-state index in [2.05, 4.69) is 10.0 Å². The standard InChI is InChI=1S/C27H22Cl2FN3O5S2/c1-39(35,36)33(17-18-2-6-22(30)7-3-18)25-10-4-19(5-11-25)27(34)31-23-8-12-26(13-9-23)40(37,38)32-24-15-20(28)14-21(29)16-24/h2-16,32H,17H2,1H3,(H,31,34). The first-order chi connectivity index (χ1) is 18.8. The number of carbonyl (C=O) groups is 1. The molecule has 0 aromatic heterocycles. The number of anilines is 3. The van der Waals surface area contributed by atoms with Crippen LogP contribution in [-0.4, -0.2) is 29.0 Å². The minimum atomic E-state index is -3.95. The van der Waals surface area contributed by atoms with Crippen LogP contribution in [0.3, 0.4) is 0 Å². The largest absolute Gasteiger partial charge is 0.322 e. The Morgan fingerprint density at radius 1 is 0.800 bits per heavy atom. The summed E-state index contributed by atoms with van der Waals surface area (Å²) >= 11 is 11.9. The predicted molar refractivity (Wildman–Crippen MR) is 156 cm³/mol. The molecule has 0 atom stereocenters. The van der Waals surface area contributed by atoms with Crippen molar-refractivity contribution in [1.82, 2.24) is 0 Å². The highest BCUT2D eigenvalue weighted by Gasteiger charge is 2.19. The summed E-state index contributed by atoms with van der Waals surface area (Å²) in [4.78, 5) is 12.7. The van der Waals surface area contributed by atoms with Crippen molar-refractivity contribution in [2.45, 2.75) is 11.4 Å². The van der Waals surface area contributed by atoms with Crippen LogP contribution < -0.4 is 14.3 Å². The summed E-state index contributed by atoms with van der Waals surface area (Å²) in [6.45, 7) is -0.0148. The number of amides is 1. The normalized spacial score (nSPS) is 11.6. The van der Waals surface area contributed by atoms with E-state index >= 15 is 0 Å². The molecule has 0 aliphatic carbocycles. The summed E-state index contributed by atoms with van der Waals surface area (Å²) in [6.07, 6.45) is 1.06. The summed E-state index contributed by atoms with van der Waals surface area (Å²) in [5, 5.41) is 3.21. The lowest BCUT2D eigenvalue weighted by molar-refractivity contribution is 0.102. The van der Waals surface area contributed by atoms with Gasteiger partial charge >= 0.3 is 0 Å². The number of benzene rings is 4. The van der Waals surface area contributed by atoms with Crippen molar-refractivity contribution in [3.63, 3.8) is 0 Å². The molecule has 0 spiro atoms. The first-order valence-electron chi connectivity index (χ1n) is 11.5. The van der Waals surface area contributed by atoms with Crippen LogP contribution in [0.4, 0.5) is 21.5 Å². The quantitative estimate of drug-likeness (QED) is 0.233. The molecule has 2 N–H and O–H groups in total. The van der Waals surface area contributed by atoms with E-state index < -0.39 is 31.8 Å². The Bertz CT molecular complexity index is 1730. The zero-order valence-corrected chi connectivity index (χ0v) is 24.0. The number of rotatable bonds is 9. The van der Waals surface area contributed by atoms with Gasteiger partial charge in [-0.2, -0.15) is 0 Å². The number of carbonyl (C=O) groups excluding carboxylic acids is 1. The van der Waals surface area contributed by atoms with Gasteiger partial charge in [-0.05, 0) is 84.4 Å². The average molecular weight is 623 g/mol. The van der Waals surface area contributed by atoms with Crippen LogP contribution in [0.1, 0.15) is 15.9 Å². The molecule has 4 rings (SSSR count). The molecule has 0 heterocycles. The third-order valence-electron chi connectivity index (χ3n) is 5.59. The lowest BCUT2D eigenvalue weighted by Crippen LogP contribution is -2.29. The van der Waals surface area contributed by atoms with Gasteiger partial charge < -0.3 is 5.32 Å². The molecule has 208 valence electrons. The van der Waals surface area contributed by atoms with Crippen molar-refractivity contribution in [3.05, 3.63) is 118 Å². The molecule has 13 heteroatoms. The molecular weight excluding hydrogens is 600 g/mol. The van der Waals surface area contributed by atoms with E-state index in [1.54, 1.807) is 0 Å². The Morgan fingerprint density at radius 3 is 1.93 bits per heavy atom. The van der Waals surface area contributed by atoms with Gasteiger partial charge in [0.25, 0.3) is 15.9 Å². The fourth-order valence-corrected chi connectivity index (χ4v) is 6.14. The zero-order chi connectivity index (χ0) is 29.1. The summed E-state index contributed by atoms with van der Waals surface area (Å²) in [6, 6.07) is 21.2. The van der Waals surface area contributed by atoms with E-state index in [0.29, 0.717) is 16.9 Å². The maximum Gasteiger partial charge on any atom is 0.261 e. The fraction of sp³-hybridized carbons (Fsp3) is 0.0741. The lowest BCUT2D eigenvalue weighted by atomic mass is 10.1. The molecule has 0 fully saturated rings. The highest BCUT2D eigenvalue weighted by molar-refractivity contribution is 7.92. The van der Waals surface area contributed by atoms with Crippen molar-refractivity contribution in [3.8, 4) is 0 Å². The Morgan fingerprint density at radius 2 is 1.38 bits per heavy atom. The molecule has 4 aromatic rings. The van der Waals surface area contributed by atoms with Gasteiger partial charge in [-0.3, -0.25) is 13.8 Å². The Kier molecular flexibility index (Phi) is 8.69. The van der Waals surface area contributed by atoms with Crippen LogP contribution in [0.2, 0.25) is 10.0 Å². The van der Waals surface area contributed by atoms with Crippen molar-refractivity contribution >= 4 is 66.2 Å². The number of nitrogens with zero attached hydrogens (tertiary/aromatic N) is 1. The van der Waals surface area contributed by atoms with Gasteiger partial charge in [0.15, 0.2) is 0 Å². The first kappa shape index (κ1) is 29.3. The van der Waals surface area contributed by atoms with E-state index in [0.717, 1.165) is 10.6 Å². The van der Waals surface area contributed by atoms with Gasteiger partial charge in [-0.1, -0.05) is 35.3 Å². The molecular formula is C27H22Cl2FN3O5S2. The SMILES string of the molecule is CS(=O)(=O)N(Cc1ccc(F)cc1)c1ccc(C(=O)Nc2ccc(S(=O)(=O)Nc3cc(Cl)cc(Cl)c3)cc2)cc1. The van der Waals surface area contributed by atoms with Crippen molar-refractivity contribution in [1.29, 1.82) is 0 Å². The minimum Gasteiger partial charge on any atom is -0.322 e. The van der Waals surface area contributed by atoms with Crippen LogP contribution in [-0.2, 0) is 26.6 Å². The third-order valence-corrected chi connectivity index (χ3v) is 8.57. The van der Waals surface area contributed by atoms with Gasteiger partial charge in [-0.15, -0.1) is 0 Å². The van der Waals surface area contributed by atoms with Crippen molar-refractivity contribution in [2.75, 3.05) is 20.6 Å². The van der Waals surface area contributed by atoms with Gasteiger partial charge in [-0.25, -0.2) is 21.2 Å². The van der Waals surface area contributed by atoms with Crippen LogP contribution in [0.5, 0.6) is 0 Å². The van der Waals surface area contributed by atoms with Gasteiger partial charge in [0.2, 0.25) is 10.0 Å². The summed E-state index contributed by atoms with van der Waals surface area (Å²) in [5.41, 5.74) is 1.70. The average Bonchev–Trinajstić information content (AvgIpc) is 2.87. The van der Waals surface area contributed by atoms with E-state index in [4.69, 9.17) is 23.2 Å². The Balaban J connectivity index is 1.45. The molecule has 4 aromatic carbocycles. The second-order valence-corrected chi connectivity index (χ2v) is 13.1. The smallest absolute Gasteiger partial charge is 0.261 e. The monoisotopic (exact) mass is 621 g/mol. The fourth-order valence-electron chi connectivity index (χ4n) is 3.68. The van der Waals surface area contributed by atoms with Crippen LogP contribution in [0, 0.1) is 5.82 Å². The molecule has 0 unspecified atom stereocenters. The molecule has 0 saturated heterocycles. The first-order valence-corrected chi connectivity index (χ1v) is 15.6. The van der Waals surface area contributed by atoms with Crippen LogP contribution in [0.15, 0.2) is 95.9 Å². The number of hydrogen-bond donors (Lipinski definition) is 2. The zero-order valence-electron chi connectivity index (χ0n) is 20.8. The second-order valence-electron chi connectivity index (χ2n) is 8.69. The van der Waals surface area contributed by atoms with Crippen LogP contribution in [0.25, 0.3) is 0 Å². The Hall–Kier alpha value is -3.64. The maximum absolute atomic E-state index is 13.2. The molecule has 40 heavy (non-hydrogen) atoms. The predicted octanol–water partition coefficient (Wildman–Crippen LogP) is 6.15. The Labute approximate surface area is 241 Å². The second kappa shape index (κ2) is 11.8. The van der Waals surface area contributed by atoms with E-state index in [1.807, 2.05) is 0 Å². The van der Waals surface area contributed by atoms with Gasteiger partial charge in [0.05, 0.1) is 29.1 Å². The number of halogens is 3. The van der Waals surface area contributed by atoms with E-state index in [9.17, 15) is 26.0 Å². The van der Waals surface area contributed by atoms with E-state index in [-0.39, 0.29) is 32.7 Å². The molecule has 0 bridgehead atoms. The molecule has 0 saturated carbocycles. The summed E-state index contributed by atoms with van der Waals surface area (Å²) in [7, 11) is -7.62. The third kappa shape index (κ3) is 7.51. The summed E-state index contributed by atoms with van der Waals surface area (Å²) < 4.78 is 67.0. The number of nitrogens with one attached hydrogen (secondary N) is 2. The minimum absolute atomic E-state index is 0.0148. The topological polar surface area (TPSA) is 113 Å². The summed E-state index contributed by atoms with van der Waals surface area (Å²) in [5.74, 6) is -0.917. The highest BCUT2D eigenvalue weighted by atomic mass is 35.5. The molecule has 1 amide bonds. The van der Waals surface area contributed by atoms with Gasteiger partial charge in [0, 0.05) is 21.3 Å².